The van der Waals surface area contributed by atoms with Crippen LogP contribution in [0.1, 0.15) is 48.8 Å². The number of halogens is 1. The molecule has 0 amide bonds. The maximum Gasteiger partial charge on any atom is 0.156 e. The third-order valence-electron chi connectivity index (χ3n) is 5.69. The zero-order valence-corrected chi connectivity index (χ0v) is 18.4. The first-order valence-electron chi connectivity index (χ1n) is 10.4. The van der Waals surface area contributed by atoms with Crippen LogP contribution >= 0.6 is 23.4 Å². The lowest BCUT2D eigenvalue weighted by atomic mass is 9.95. The fourth-order valence-electron chi connectivity index (χ4n) is 4.07. The van der Waals surface area contributed by atoms with Gasteiger partial charge < -0.3 is 5.32 Å². The van der Waals surface area contributed by atoms with Gasteiger partial charge >= 0.3 is 0 Å². The van der Waals surface area contributed by atoms with Crippen LogP contribution in [-0.4, -0.2) is 21.7 Å². The van der Waals surface area contributed by atoms with E-state index in [1.807, 2.05) is 12.1 Å². The van der Waals surface area contributed by atoms with Crippen LogP contribution in [-0.2, 0) is 0 Å². The van der Waals surface area contributed by atoms with Gasteiger partial charge in [-0.3, -0.25) is 0 Å². The van der Waals surface area contributed by atoms with E-state index in [1.165, 1.54) is 37.7 Å². The first-order chi connectivity index (χ1) is 14.7. The summed E-state index contributed by atoms with van der Waals surface area (Å²) in [7, 11) is 0. The molecular weight excluding hydrogens is 412 g/mol. The van der Waals surface area contributed by atoms with Gasteiger partial charge in [-0.15, -0.1) is 0 Å². The first-order valence-corrected chi connectivity index (χ1v) is 11.6. The van der Waals surface area contributed by atoms with Crippen molar-refractivity contribution in [3.05, 3.63) is 70.5 Å². The van der Waals surface area contributed by atoms with Crippen LogP contribution in [0.25, 0.3) is 0 Å². The number of fused-ring (bicyclic) bond motifs is 2. The summed E-state index contributed by atoms with van der Waals surface area (Å²) in [5.74, 6) is 0.822. The van der Waals surface area contributed by atoms with Crippen LogP contribution < -0.4 is 5.32 Å². The summed E-state index contributed by atoms with van der Waals surface area (Å²) in [6.45, 7) is 2.09. The van der Waals surface area contributed by atoms with E-state index in [1.54, 1.807) is 18.1 Å². The van der Waals surface area contributed by atoms with Gasteiger partial charge in [0.1, 0.15) is 17.0 Å². The maximum absolute atomic E-state index is 6.37. The van der Waals surface area contributed by atoms with Gasteiger partial charge in [-0.25, -0.2) is 15.0 Å². The lowest BCUT2D eigenvalue weighted by molar-refractivity contribution is 0.462. The van der Waals surface area contributed by atoms with E-state index in [2.05, 4.69) is 52.5 Å². The third kappa shape index (κ3) is 3.96. The lowest BCUT2D eigenvalue weighted by Crippen LogP contribution is -2.23. The predicted octanol–water partition coefficient (Wildman–Crippen LogP) is 6.82. The molecule has 0 radical (unpaired) electrons. The number of rotatable bonds is 3. The molecule has 0 saturated heterocycles. The van der Waals surface area contributed by atoms with Crippen molar-refractivity contribution >= 4 is 40.6 Å². The molecule has 1 aliphatic heterocycles. The molecule has 2 aliphatic rings. The number of anilines is 1. The van der Waals surface area contributed by atoms with Crippen molar-refractivity contribution in [3.63, 3.8) is 0 Å². The molecule has 152 valence electrons. The number of nitrogens with one attached hydrogen (secondary N) is 1. The summed E-state index contributed by atoms with van der Waals surface area (Å²) < 4.78 is 0. The zero-order valence-electron chi connectivity index (χ0n) is 16.9. The number of hydrogen-bond donors (Lipinski definition) is 1. The number of benzene rings is 2. The van der Waals surface area contributed by atoms with Gasteiger partial charge in [-0.1, -0.05) is 72.5 Å². The average molecular weight is 435 g/mol. The molecule has 0 atom stereocenters. The second kappa shape index (κ2) is 8.40. The molecule has 4 nitrogen and oxygen atoms in total. The first kappa shape index (κ1) is 19.6. The zero-order chi connectivity index (χ0) is 20.5. The summed E-state index contributed by atoms with van der Waals surface area (Å²) in [5, 5.41) is 5.23. The minimum absolute atomic E-state index is 0.445. The van der Waals surface area contributed by atoms with E-state index in [9.17, 15) is 0 Å². The summed E-state index contributed by atoms with van der Waals surface area (Å²) in [6.07, 6.45) is 7.84. The Morgan fingerprint density at radius 3 is 2.60 bits per heavy atom. The Kier molecular flexibility index (Phi) is 5.48. The Morgan fingerprint density at radius 1 is 1.00 bits per heavy atom. The summed E-state index contributed by atoms with van der Waals surface area (Å²) in [6, 6.07) is 14.9. The topological polar surface area (TPSA) is 50.2 Å². The van der Waals surface area contributed by atoms with Crippen molar-refractivity contribution in [3.8, 4) is 0 Å². The van der Waals surface area contributed by atoms with Crippen molar-refractivity contribution in [2.75, 3.05) is 5.32 Å². The van der Waals surface area contributed by atoms with Crippen molar-refractivity contribution in [1.29, 1.82) is 0 Å². The van der Waals surface area contributed by atoms with Crippen LogP contribution in [0, 0.1) is 6.92 Å². The Balaban J connectivity index is 1.65. The molecule has 0 bridgehead atoms. The molecule has 6 heteroatoms. The quantitative estimate of drug-likeness (QED) is 0.359. The maximum atomic E-state index is 6.37. The number of aromatic nitrogens is 2. The lowest BCUT2D eigenvalue weighted by Gasteiger charge is -2.24. The standard InChI is InChI=1S/C24H23ClN4S/c1-15-7-9-16(10-8-15)21-19-13-17(25)11-12-20(19)30-24-22(29-21)23(26-14-27-24)28-18-5-3-2-4-6-18/h7-14,18H,2-6H2,1H3,(H,26,27,28). The minimum Gasteiger partial charge on any atom is -0.365 e. The molecule has 2 heterocycles. The van der Waals surface area contributed by atoms with Gasteiger partial charge in [-0.2, -0.15) is 0 Å². The van der Waals surface area contributed by atoms with E-state index in [0.29, 0.717) is 11.1 Å². The van der Waals surface area contributed by atoms with E-state index < -0.39 is 0 Å². The van der Waals surface area contributed by atoms with Crippen LogP contribution in [0.5, 0.6) is 0 Å². The third-order valence-corrected chi connectivity index (χ3v) is 6.99. The molecule has 1 N–H and O–H groups in total. The van der Waals surface area contributed by atoms with Gasteiger partial charge in [0.2, 0.25) is 0 Å². The van der Waals surface area contributed by atoms with Crippen LogP contribution in [0.15, 0.2) is 63.7 Å². The van der Waals surface area contributed by atoms with E-state index in [4.69, 9.17) is 16.6 Å². The molecule has 1 aliphatic carbocycles. The summed E-state index contributed by atoms with van der Waals surface area (Å²) in [4.78, 5) is 15.4. The monoisotopic (exact) mass is 434 g/mol. The molecule has 2 aromatic carbocycles. The van der Waals surface area contributed by atoms with Crippen LogP contribution in [0.3, 0.4) is 0 Å². The summed E-state index contributed by atoms with van der Waals surface area (Å²) >= 11 is 8.00. The van der Waals surface area contributed by atoms with Crippen LogP contribution in [0.2, 0.25) is 5.02 Å². The van der Waals surface area contributed by atoms with Gasteiger partial charge in [0.15, 0.2) is 5.82 Å². The number of nitrogens with zero attached hydrogens (tertiary/aromatic N) is 3. The molecule has 30 heavy (non-hydrogen) atoms. The Labute approximate surface area is 186 Å². The Bertz CT molecular complexity index is 1100. The van der Waals surface area contributed by atoms with E-state index in [-0.39, 0.29) is 0 Å². The van der Waals surface area contributed by atoms with Crippen molar-refractivity contribution in [1.82, 2.24) is 9.97 Å². The number of aryl methyl sites for hydroxylation is 1. The number of aliphatic imine (C=N–C) groups is 1. The van der Waals surface area contributed by atoms with Crippen molar-refractivity contribution < 1.29 is 0 Å². The minimum atomic E-state index is 0.445. The van der Waals surface area contributed by atoms with Gasteiger partial charge in [0.25, 0.3) is 0 Å². The average Bonchev–Trinajstić information content (AvgIpc) is 2.92. The molecular formula is C24H23ClN4S. The van der Waals surface area contributed by atoms with Crippen molar-refractivity contribution in [2.24, 2.45) is 4.99 Å². The van der Waals surface area contributed by atoms with Crippen molar-refractivity contribution in [2.45, 2.75) is 55.0 Å². The molecule has 1 fully saturated rings. The highest BCUT2D eigenvalue weighted by Crippen LogP contribution is 2.43. The molecule has 1 aromatic heterocycles. The highest BCUT2D eigenvalue weighted by Gasteiger charge is 2.24. The van der Waals surface area contributed by atoms with Crippen LogP contribution in [0.4, 0.5) is 11.5 Å². The second-order valence-corrected chi connectivity index (χ2v) is 9.39. The summed E-state index contributed by atoms with van der Waals surface area (Å²) in [5.41, 5.74) is 5.02. The Hall–Kier alpha value is -2.37. The molecule has 0 spiro atoms. The smallest absolute Gasteiger partial charge is 0.156 e. The van der Waals surface area contributed by atoms with Gasteiger partial charge in [-0.05, 0) is 38.0 Å². The predicted molar refractivity (Wildman–Crippen MR) is 125 cm³/mol. The van der Waals surface area contributed by atoms with E-state index >= 15 is 0 Å². The number of hydrogen-bond acceptors (Lipinski definition) is 5. The highest BCUT2D eigenvalue weighted by molar-refractivity contribution is 7.99. The molecule has 3 aromatic rings. The molecule has 1 saturated carbocycles. The largest absolute Gasteiger partial charge is 0.365 e. The van der Waals surface area contributed by atoms with Gasteiger partial charge in [0, 0.05) is 27.1 Å². The Morgan fingerprint density at radius 2 is 1.80 bits per heavy atom. The fourth-order valence-corrected chi connectivity index (χ4v) is 5.19. The molecule has 0 unspecified atom stereocenters. The highest BCUT2D eigenvalue weighted by atomic mass is 35.5. The van der Waals surface area contributed by atoms with E-state index in [0.717, 1.165) is 38.3 Å². The normalized spacial score (nSPS) is 16.3. The second-order valence-electron chi connectivity index (χ2n) is 7.92. The molecule has 5 rings (SSSR count). The SMILES string of the molecule is Cc1ccc(C2=Nc3c(NC4CCCCC4)ncnc3Sc3ccc(Cl)cc32)cc1. The fraction of sp³-hybridized carbons (Fsp3) is 0.292. The van der Waals surface area contributed by atoms with Gasteiger partial charge in [0.05, 0.1) is 5.71 Å².